The predicted molar refractivity (Wildman–Crippen MR) is 80.3 cm³/mol. The van der Waals surface area contributed by atoms with Crippen LogP contribution in [0.1, 0.15) is 40.0 Å². The summed E-state index contributed by atoms with van der Waals surface area (Å²) in [6.07, 6.45) is 2.53. The molecule has 0 saturated carbocycles. The van der Waals surface area contributed by atoms with Gasteiger partial charge < -0.3 is 19.9 Å². The molecular weight excluding hydrogens is 290 g/mol. The summed E-state index contributed by atoms with van der Waals surface area (Å²) in [7, 11) is 0. The van der Waals surface area contributed by atoms with Crippen LogP contribution >= 0.6 is 0 Å². The maximum Gasteiger partial charge on any atom is 0.320 e. The van der Waals surface area contributed by atoms with Crippen LogP contribution in [0.2, 0.25) is 0 Å². The summed E-state index contributed by atoms with van der Waals surface area (Å²) in [4.78, 5) is 32.6. The molecule has 0 unspecified atom stereocenters. The van der Waals surface area contributed by atoms with Gasteiger partial charge in [0.15, 0.2) is 5.92 Å². The molecule has 1 rings (SSSR count). The zero-order valence-electron chi connectivity index (χ0n) is 13.6. The second-order valence-electron chi connectivity index (χ2n) is 5.00. The highest BCUT2D eigenvalue weighted by atomic mass is 16.6. The molecule has 0 bridgehead atoms. The lowest BCUT2D eigenvalue weighted by Gasteiger charge is -2.25. The number of carboxylic acids is 1. The average molecular weight is 317 g/mol. The highest BCUT2D eigenvalue weighted by Gasteiger charge is 2.32. The van der Waals surface area contributed by atoms with Crippen LogP contribution in [-0.4, -0.2) is 49.3 Å². The van der Waals surface area contributed by atoms with Crippen molar-refractivity contribution in [2.75, 3.05) is 26.3 Å². The summed E-state index contributed by atoms with van der Waals surface area (Å²) >= 11 is 0. The van der Waals surface area contributed by atoms with Gasteiger partial charge in [-0.05, 0) is 52.1 Å². The van der Waals surface area contributed by atoms with E-state index in [0.717, 1.165) is 32.9 Å². The molecule has 7 heteroatoms. The number of carboxylic acid groups (broad SMARTS) is 1. The van der Waals surface area contributed by atoms with Gasteiger partial charge in [0.2, 0.25) is 0 Å². The Balaban J connectivity index is 0.000000980. The lowest BCUT2D eigenvalue weighted by molar-refractivity contribution is -0.162. The van der Waals surface area contributed by atoms with Crippen molar-refractivity contribution in [2.24, 2.45) is 11.8 Å². The quantitative estimate of drug-likeness (QED) is 0.560. The number of piperidine rings is 1. The summed E-state index contributed by atoms with van der Waals surface area (Å²) in [5.41, 5.74) is 0. The van der Waals surface area contributed by atoms with E-state index in [-0.39, 0.29) is 0 Å². The summed E-state index contributed by atoms with van der Waals surface area (Å²) in [6.45, 7) is 7.04. The van der Waals surface area contributed by atoms with E-state index in [0.29, 0.717) is 25.6 Å². The van der Waals surface area contributed by atoms with Crippen molar-refractivity contribution in [3.63, 3.8) is 0 Å². The molecule has 2 N–H and O–H groups in total. The average Bonchev–Trinajstić information content (AvgIpc) is 2.45. The van der Waals surface area contributed by atoms with E-state index in [1.165, 1.54) is 0 Å². The fraction of sp³-hybridized carbons (Fsp3) is 0.800. The van der Waals surface area contributed by atoms with Crippen LogP contribution in [-0.2, 0) is 23.9 Å². The van der Waals surface area contributed by atoms with Gasteiger partial charge in [0.05, 0.1) is 13.2 Å². The highest BCUT2D eigenvalue weighted by molar-refractivity contribution is 5.94. The number of rotatable bonds is 6. The third-order valence-corrected chi connectivity index (χ3v) is 3.17. The van der Waals surface area contributed by atoms with Gasteiger partial charge >= 0.3 is 11.9 Å². The van der Waals surface area contributed by atoms with Gasteiger partial charge in [-0.2, -0.15) is 0 Å². The first kappa shape index (κ1) is 20.4. The normalized spacial score (nSPS) is 14.7. The van der Waals surface area contributed by atoms with Gasteiger partial charge in [0, 0.05) is 6.92 Å². The Morgan fingerprint density at radius 3 is 1.86 bits per heavy atom. The van der Waals surface area contributed by atoms with Gasteiger partial charge in [-0.3, -0.25) is 14.4 Å². The van der Waals surface area contributed by atoms with Crippen molar-refractivity contribution in [3.8, 4) is 0 Å². The molecule has 0 amide bonds. The second-order valence-corrected chi connectivity index (χ2v) is 5.00. The molecule has 0 radical (unpaired) electrons. The topological polar surface area (TPSA) is 102 Å². The van der Waals surface area contributed by atoms with Crippen LogP contribution in [0.5, 0.6) is 0 Å². The fourth-order valence-corrected chi connectivity index (χ4v) is 2.23. The van der Waals surface area contributed by atoms with Gasteiger partial charge in [0.25, 0.3) is 5.97 Å². The molecule has 22 heavy (non-hydrogen) atoms. The molecule has 1 aliphatic rings. The minimum atomic E-state index is -0.833. The van der Waals surface area contributed by atoms with Crippen LogP contribution in [0.4, 0.5) is 0 Å². The van der Waals surface area contributed by atoms with Crippen molar-refractivity contribution in [2.45, 2.75) is 40.0 Å². The van der Waals surface area contributed by atoms with E-state index in [1.807, 2.05) is 0 Å². The molecule has 7 nitrogen and oxygen atoms in total. The molecule has 0 aliphatic carbocycles. The third kappa shape index (κ3) is 9.33. The van der Waals surface area contributed by atoms with Crippen LogP contribution in [0.3, 0.4) is 0 Å². The van der Waals surface area contributed by atoms with Crippen molar-refractivity contribution in [1.29, 1.82) is 0 Å². The molecule has 0 aromatic carbocycles. The number of aliphatic carboxylic acids is 1. The Morgan fingerprint density at radius 1 is 1.09 bits per heavy atom. The minimum Gasteiger partial charge on any atom is -0.481 e. The molecule has 1 saturated heterocycles. The molecule has 0 atom stereocenters. The fourth-order valence-electron chi connectivity index (χ4n) is 2.23. The summed E-state index contributed by atoms with van der Waals surface area (Å²) in [5.74, 6) is -2.10. The summed E-state index contributed by atoms with van der Waals surface area (Å²) < 4.78 is 9.92. The molecule has 1 heterocycles. The number of ether oxygens (including phenoxy) is 2. The Bertz CT molecular complexity index is 330. The van der Waals surface area contributed by atoms with Crippen molar-refractivity contribution < 1.29 is 29.0 Å². The van der Waals surface area contributed by atoms with Crippen molar-refractivity contribution in [1.82, 2.24) is 5.32 Å². The van der Waals surface area contributed by atoms with E-state index in [2.05, 4.69) is 5.32 Å². The Hall–Kier alpha value is -1.63. The Kier molecular flexibility index (Phi) is 11.1. The first-order valence-corrected chi connectivity index (χ1v) is 7.65. The Labute approximate surface area is 131 Å². The minimum absolute atomic E-state index is 0.293. The van der Waals surface area contributed by atoms with E-state index >= 15 is 0 Å². The van der Waals surface area contributed by atoms with Crippen LogP contribution in [0.25, 0.3) is 0 Å². The molecule has 0 aromatic heterocycles. The number of carbonyl (C=O) groups is 3. The van der Waals surface area contributed by atoms with Crippen molar-refractivity contribution in [3.05, 3.63) is 0 Å². The van der Waals surface area contributed by atoms with Crippen LogP contribution in [0.15, 0.2) is 0 Å². The molecular formula is C15H27NO6. The van der Waals surface area contributed by atoms with E-state index in [1.54, 1.807) is 13.8 Å². The van der Waals surface area contributed by atoms with Gasteiger partial charge in [-0.1, -0.05) is 0 Å². The number of nitrogens with one attached hydrogen (secondary N) is 1. The second kappa shape index (κ2) is 12.0. The zero-order chi connectivity index (χ0) is 17.0. The summed E-state index contributed by atoms with van der Waals surface area (Å²) in [5, 5.41) is 10.7. The van der Waals surface area contributed by atoms with E-state index in [4.69, 9.17) is 19.4 Å². The summed E-state index contributed by atoms with van der Waals surface area (Å²) in [6, 6.07) is 0. The smallest absolute Gasteiger partial charge is 0.320 e. The molecule has 0 aromatic rings. The zero-order valence-corrected chi connectivity index (χ0v) is 13.6. The first-order valence-electron chi connectivity index (χ1n) is 7.65. The molecule has 128 valence electrons. The molecule has 1 fully saturated rings. The Morgan fingerprint density at radius 2 is 1.50 bits per heavy atom. The molecule has 1 aliphatic heterocycles. The van der Waals surface area contributed by atoms with E-state index < -0.39 is 23.8 Å². The largest absolute Gasteiger partial charge is 0.481 e. The highest BCUT2D eigenvalue weighted by Crippen LogP contribution is 2.23. The number of esters is 2. The molecule has 0 spiro atoms. The lowest BCUT2D eigenvalue weighted by Crippen LogP contribution is -2.34. The van der Waals surface area contributed by atoms with Crippen molar-refractivity contribution >= 4 is 17.9 Å². The van der Waals surface area contributed by atoms with Gasteiger partial charge in [-0.25, -0.2) is 0 Å². The maximum atomic E-state index is 11.8. The third-order valence-electron chi connectivity index (χ3n) is 3.17. The standard InChI is InChI=1S/C13H23NO4.C2H4O2/c1-3-17-12(15)11(13(16)18-4-2)9-10-5-7-14-8-6-10;1-2(3)4/h10-11,14H,3-9H2,1-2H3;1H3,(H,3,4). The predicted octanol–water partition coefficient (Wildman–Crippen LogP) is 1.21. The number of carbonyl (C=O) groups excluding carboxylic acids is 2. The van der Waals surface area contributed by atoms with Gasteiger partial charge in [-0.15, -0.1) is 0 Å². The first-order chi connectivity index (χ1) is 10.4. The van der Waals surface area contributed by atoms with E-state index in [9.17, 15) is 9.59 Å². The van der Waals surface area contributed by atoms with Crippen LogP contribution in [0, 0.1) is 11.8 Å². The van der Waals surface area contributed by atoms with Gasteiger partial charge in [0.1, 0.15) is 0 Å². The lowest BCUT2D eigenvalue weighted by atomic mass is 9.88. The monoisotopic (exact) mass is 317 g/mol. The van der Waals surface area contributed by atoms with Crippen LogP contribution < -0.4 is 5.32 Å². The SMILES string of the molecule is CC(=O)O.CCOC(=O)C(CC1CCNCC1)C(=O)OCC. The number of hydrogen-bond acceptors (Lipinski definition) is 6. The number of hydrogen-bond donors (Lipinski definition) is 2. The maximum absolute atomic E-state index is 11.8.